The second kappa shape index (κ2) is 7.64. The number of rotatable bonds is 2. The zero-order valence-electron chi connectivity index (χ0n) is 17.0. The maximum absolute atomic E-state index is 13.3. The third-order valence-electron chi connectivity index (χ3n) is 6.46. The van der Waals surface area contributed by atoms with E-state index in [-0.39, 0.29) is 24.8 Å². The van der Waals surface area contributed by atoms with Gasteiger partial charge in [-0.1, -0.05) is 12.1 Å². The van der Waals surface area contributed by atoms with Crippen molar-refractivity contribution in [2.45, 2.75) is 49.9 Å². The van der Waals surface area contributed by atoms with Crippen molar-refractivity contribution in [2.75, 3.05) is 31.1 Å². The number of carbonyl (C=O) groups excluding carboxylic acids is 3. The molecule has 3 fully saturated rings. The second-order valence-electron chi connectivity index (χ2n) is 8.49. The Hall–Kier alpha value is -2.49. The van der Waals surface area contributed by atoms with Gasteiger partial charge in [-0.15, -0.1) is 0 Å². The molecule has 1 aromatic rings. The molecule has 0 saturated carbocycles. The molecule has 9 heteroatoms. The van der Waals surface area contributed by atoms with Crippen LogP contribution >= 0.6 is 0 Å². The monoisotopic (exact) mass is 417 g/mol. The summed E-state index contributed by atoms with van der Waals surface area (Å²) in [6.45, 7) is 2.93. The Kier molecular flexibility index (Phi) is 5.29. The topological polar surface area (TPSA) is 119 Å². The Bertz CT molecular complexity index is 862. The van der Waals surface area contributed by atoms with E-state index >= 15 is 0 Å². The summed E-state index contributed by atoms with van der Waals surface area (Å²) >= 11 is 0. The van der Waals surface area contributed by atoms with E-state index in [0.29, 0.717) is 50.2 Å². The van der Waals surface area contributed by atoms with Crippen molar-refractivity contribution >= 4 is 23.5 Å². The van der Waals surface area contributed by atoms with Gasteiger partial charge in [0.2, 0.25) is 5.91 Å². The standard InChI is InChI=1S/C21H27N3O6/c1-20(29)9-13-30-21(18(20)27)7-11-23(12-8-21)17(26)14-4-2-3-5-15(14)24-10-6-16(25)22-19(24)28/h2-5,18,27,29H,6-13H2,1H3,(H,22,25,28)/t18-,20+/m0/s1. The first-order valence-corrected chi connectivity index (χ1v) is 10.3. The summed E-state index contributed by atoms with van der Waals surface area (Å²) in [5.74, 6) is -0.550. The molecule has 1 spiro atoms. The van der Waals surface area contributed by atoms with Gasteiger partial charge < -0.3 is 19.8 Å². The number of nitrogens with zero attached hydrogens (tertiary/aromatic N) is 2. The molecule has 4 amide bonds. The number of hydrogen-bond donors (Lipinski definition) is 3. The fourth-order valence-electron chi connectivity index (χ4n) is 4.60. The number of likely N-dealkylation sites (tertiary alicyclic amines) is 1. The minimum absolute atomic E-state index is 0.176. The zero-order chi connectivity index (χ0) is 21.5. The number of carbonyl (C=O) groups is 3. The van der Waals surface area contributed by atoms with Gasteiger partial charge in [0.1, 0.15) is 11.7 Å². The molecule has 3 aliphatic rings. The molecule has 0 bridgehead atoms. The van der Waals surface area contributed by atoms with E-state index in [0.717, 1.165) is 0 Å². The Balaban J connectivity index is 1.51. The molecule has 3 saturated heterocycles. The number of aliphatic hydroxyl groups is 2. The molecular weight excluding hydrogens is 390 g/mol. The molecule has 0 unspecified atom stereocenters. The predicted molar refractivity (Wildman–Crippen MR) is 107 cm³/mol. The molecule has 3 heterocycles. The lowest BCUT2D eigenvalue weighted by molar-refractivity contribution is -0.244. The van der Waals surface area contributed by atoms with Gasteiger partial charge in [-0.25, -0.2) is 4.79 Å². The SMILES string of the molecule is C[C@@]1(O)CCOC2(CCN(C(=O)c3ccccc3N3CCC(=O)NC3=O)CC2)[C@H]1O. The lowest BCUT2D eigenvalue weighted by atomic mass is 9.75. The van der Waals surface area contributed by atoms with Crippen LogP contribution in [0.1, 0.15) is 43.0 Å². The fourth-order valence-corrected chi connectivity index (χ4v) is 4.60. The maximum atomic E-state index is 13.3. The average molecular weight is 417 g/mol. The van der Waals surface area contributed by atoms with Crippen LogP contribution in [0, 0.1) is 0 Å². The Morgan fingerprint density at radius 3 is 2.57 bits per heavy atom. The zero-order valence-corrected chi connectivity index (χ0v) is 17.0. The number of urea groups is 1. The highest BCUT2D eigenvalue weighted by Gasteiger charge is 2.53. The van der Waals surface area contributed by atoms with Crippen LogP contribution in [0.3, 0.4) is 0 Å². The Morgan fingerprint density at radius 1 is 1.17 bits per heavy atom. The highest BCUT2D eigenvalue weighted by molar-refractivity contribution is 6.09. The highest BCUT2D eigenvalue weighted by Crippen LogP contribution is 2.40. The molecule has 30 heavy (non-hydrogen) atoms. The number of ether oxygens (including phenoxy) is 1. The van der Waals surface area contributed by atoms with E-state index in [9.17, 15) is 24.6 Å². The number of nitrogens with one attached hydrogen (secondary N) is 1. The molecule has 0 aromatic heterocycles. The van der Waals surface area contributed by atoms with Gasteiger partial charge in [0, 0.05) is 32.5 Å². The van der Waals surface area contributed by atoms with Gasteiger partial charge in [-0.3, -0.25) is 19.8 Å². The summed E-state index contributed by atoms with van der Waals surface area (Å²) in [5.41, 5.74) is -1.22. The molecule has 0 radical (unpaired) electrons. The van der Waals surface area contributed by atoms with Gasteiger partial charge in [0.15, 0.2) is 0 Å². The number of imide groups is 1. The summed E-state index contributed by atoms with van der Waals surface area (Å²) in [4.78, 5) is 40.1. The number of aliphatic hydroxyl groups excluding tert-OH is 1. The smallest absolute Gasteiger partial charge is 0.328 e. The number of piperidine rings is 1. The van der Waals surface area contributed by atoms with Crippen molar-refractivity contribution in [3.05, 3.63) is 29.8 Å². The normalized spacial score (nSPS) is 29.1. The van der Waals surface area contributed by atoms with Gasteiger partial charge in [-0.2, -0.15) is 0 Å². The van der Waals surface area contributed by atoms with Crippen LogP contribution in [-0.4, -0.2) is 76.5 Å². The van der Waals surface area contributed by atoms with E-state index in [1.54, 1.807) is 36.1 Å². The van der Waals surface area contributed by atoms with Crippen molar-refractivity contribution in [2.24, 2.45) is 0 Å². The van der Waals surface area contributed by atoms with Crippen LogP contribution < -0.4 is 10.2 Å². The molecular formula is C21H27N3O6. The van der Waals surface area contributed by atoms with E-state index in [4.69, 9.17) is 4.74 Å². The summed E-state index contributed by atoms with van der Waals surface area (Å²) in [6.07, 6.45) is 0.355. The van der Waals surface area contributed by atoms with E-state index in [1.807, 2.05) is 0 Å². The summed E-state index contributed by atoms with van der Waals surface area (Å²) in [5, 5.41) is 23.4. The quantitative estimate of drug-likeness (QED) is 0.650. The lowest BCUT2D eigenvalue weighted by Crippen LogP contribution is -2.64. The largest absolute Gasteiger partial charge is 0.387 e. The molecule has 4 rings (SSSR count). The van der Waals surface area contributed by atoms with Gasteiger partial charge in [-0.05, 0) is 31.9 Å². The van der Waals surface area contributed by atoms with Crippen molar-refractivity contribution in [3.8, 4) is 0 Å². The number of anilines is 1. The number of benzene rings is 1. The fraction of sp³-hybridized carbons (Fsp3) is 0.571. The van der Waals surface area contributed by atoms with Gasteiger partial charge in [0.25, 0.3) is 5.91 Å². The maximum Gasteiger partial charge on any atom is 0.328 e. The minimum atomic E-state index is -1.21. The summed E-state index contributed by atoms with van der Waals surface area (Å²) < 4.78 is 5.89. The van der Waals surface area contributed by atoms with Crippen molar-refractivity contribution in [3.63, 3.8) is 0 Å². The van der Waals surface area contributed by atoms with Crippen LogP contribution in [0.4, 0.5) is 10.5 Å². The van der Waals surface area contributed by atoms with Crippen molar-refractivity contribution < 1.29 is 29.3 Å². The first-order chi connectivity index (χ1) is 14.2. The average Bonchev–Trinajstić information content (AvgIpc) is 2.72. The molecule has 9 nitrogen and oxygen atoms in total. The van der Waals surface area contributed by atoms with E-state index in [2.05, 4.69) is 5.32 Å². The molecule has 0 aliphatic carbocycles. The lowest BCUT2D eigenvalue weighted by Gasteiger charge is -2.51. The van der Waals surface area contributed by atoms with Crippen LogP contribution in [0.15, 0.2) is 24.3 Å². The molecule has 162 valence electrons. The number of hydrogen-bond acceptors (Lipinski definition) is 6. The Labute approximate surface area is 174 Å². The molecule has 3 N–H and O–H groups in total. The van der Waals surface area contributed by atoms with Crippen LogP contribution in [-0.2, 0) is 9.53 Å². The van der Waals surface area contributed by atoms with Crippen molar-refractivity contribution in [1.82, 2.24) is 10.2 Å². The van der Waals surface area contributed by atoms with Gasteiger partial charge in [0.05, 0.1) is 23.5 Å². The van der Waals surface area contributed by atoms with E-state index in [1.165, 1.54) is 4.90 Å². The third-order valence-corrected chi connectivity index (χ3v) is 6.46. The summed E-state index contributed by atoms with van der Waals surface area (Å²) in [7, 11) is 0. The van der Waals surface area contributed by atoms with Crippen molar-refractivity contribution in [1.29, 1.82) is 0 Å². The molecule has 1 aromatic carbocycles. The highest BCUT2D eigenvalue weighted by atomic mass is 16.5. The Morgan fingerprint density at radius 2 is 1.87 bits per heavy atom. The first-order valence-electron chi connectivity index (χ1n) is 10.3. The first kappa shape index (κ1) is 20.8. The molecule has 3 aliphatic heterocycles. The van der Waals surface area contributed by atoms with Gasteiger partial charge >= 0.3 is 6.03 Å². The second-order valence-corrected chi connectivity index (χ2v) is 8.49. The number of para-hydroxylation sites is 1. The predicted octanol–water partition coefficient (Wildman–Crippen LogP) is 0.640. The van der Waals surface area contributed by atoms with E-state index < -0.39 is 23.3 Å². The van der Waals surface area contributed by atoms with Crippen LogP contribution in [0.25, 0.3) is 0 Å². The third kappa shape index (κ3) is 3.57. The minimum Gasteiger partial charge on any atom is -0.387 e. The molecule has 2 atom stereocenters. The van der Waals surface area contributed by atoms with Crippen LogP contribution in [0.5, 0.6) is 0 Å². The number of amides is 4. The summed E-state index contributed by atoms with van der Waals surface area (Å²) in [6, 6.07) is 6.31. The van der Waals surface area contributed by atoms with Crippen LogP contribution in [0.2, 0.25) is 0 Å².